The molecule has 0 saturated heterocycles. The molecule has 0 fully saturated rings. The Morgan fingerprint density at radius 1 is 0.957 bits per heavy atom. The topological polar surface area (TPSA) is 3.24 Å². The third-order valence-corrected chi connectivity index (χ3v) is 6.58. The van der Waals surface area contributed by atoms with Crippen LogP contribution in [0.25, 0.3) is 0 Å². The summed E-state index contributed by atoms with van der Waals surface area (Å²) in [6.07, 6.45) is 12.2. The van der Waals surface area contributed by atoms with Crippen molar-refractivity contribution >= 4 is 11.8 Å². The Kier molecular flexibility index (Phi) is 13.8. The summed E-state index contributed by atoms with van der Waals surface area (Å²) in [5.41, 5.74) is 0.570. The molecule has 0 aliphatic rings. The van der Waals surface area contributed by atoms with Gasteiger partial charge >= 0.3 is 0 Å². The molecule has 23 heavy (non-hydrogen) atoms. The predicted molar refractivity (Wildman–Crippen MR) is 110 cm³/mol. The van der Waals surface area contributed by atoms with Gasteiger partial charge in [0.15, 0.2) is 0 Å². The van der Waals surface area contributed by atoms with Crippen LogP contribution in [0.4, 0.5) is 0 Å². The SMILES string of the molecule is CCCCN(C)C(CC)SCCCC(C)(CCCC)CC(C)C. The van der Waals surface area contributed by atoms with Crippen molar-refractivity contribution in [1.82, 2.24) is 4.90 Å². The summed E-state index contributed by atoms with van der Waals surface area (Å²) < 4.78 is 0. The number of thioether (sulfide) groups is 1. The molecule has 0 radical (unpaired) electrons. The Labute approximate surface area is 152 Å². The van der Waals surface area contributed by atoms with Crippen molar-refractivity contribution in [1.29, 1.82) is 0 Å². The van der Waals surface area contributed by atoms with Gasteiger partial charge in [-0.25, -0.2) is 0 Å². The van der Waals surface area contributed by atoms with Crippen molar-refractivity contribution in [3.8, 4) is 0 Å². The van der Waals surface area contributed by atoms with E-state index in [2.05, 4.69) is 65.3 Å². The van der Waals surface area contributed by atoms with Gasteiger partial charge < -0.3 is 0 Å². The van der Waals surface area contributed by atoms with Gasteiger partial charge in [-0.1, -0.05) is 60.8 Å². The normalized spacial score (nSPS) is 16.0. The fraction of sp³-hybridized carbons (Fsp3) is 1.00. The smallest absolute Gasteiger partial charge is 0.0552 e. The second kappa shape index (κ2) is 13.6. The molecule has 0 aromatic rings. The van der Waals surface area contributed by atoms with E-state index in [9.17, 15) is 0 Å². The second-order valence-electron chi connectivity index (χ2n) is 8.18. The van der Waals surface area contributed by atoms with Gasteiger partial charge in [0.2, 0.25) is 0 Å². The predicted octanol–water partition coefficient (Wildman–Crippen LogP) is 7.21. The summed E-state index contributed by atoms with van der Waals surface area (Å²) in [6.45, 7) is 15.5. The van der Waals surface area contributed by atoms with E-state index in [4.69, 9.17) is 0 Å². The van der Waals surface area contributed by atoms with Crippen LogP contribution in [0, 0.1) is 11.3 Å². The lowest BCUT2D eigenvalue weighted by atomic mass is 9.75. The molecule has 2 heteroatoms. The van der Waals surface area contributed by atoms with Crippen LogP contribution >= 0.6 is 11.8 Å². The average Bonchev–Trinajstić information content (AvgIpc) is 2.50. The lowest BCUT2D eigenvalue weighted by molar-refractivity contribution is 0.209. The number of hydrogen-bond acceptors (Lipinski definition) is 2. The van der Waals surface area contributed by atoms with Gasteiger partial charge in [0.05, 0.1) is 5.37 Å². The summed E-state index contributed by atoms with van der Waals surface area (Å²) in [6, 6.07) is 0. The number of rotatable bonds is 15. The van der Waals surface area contributed by atoms with E-state index in [1.807, 2.05) is 0 Å². The summed E-state index contributed by atoms with van der Waals surface area (Å²) >= 11 is 2.19. The Morgan fingerprint density at radius 3 is 2.09 bits per heavy atom. The standard InChI is InChI=1S/C21H45NS/c1-8-11-14-21(6,18-19(4)5)15-13-17-23-20(10-3)22(7)16-12-9-2/h19-20H,8-18H2,1-7H3. The van der Waals surface area contributed by atoms with Crippen LogP contribution in [-0.4, -0.2) is 29.6 Å². The molecule has 2 atom stereocenters. The van der Waals surface area contributed by atoms with E-state index in [-0.39, 0.29) is 0 Å². The Balaban J connectivity index is 4.20. The first-order valence-corrected chi connectivity index (χ1v) is 11.2. The van der Waals surface area contributed by atoms with E-state index in [0.29, 0.717) is 10.8 Å². The highest BCUT2D eigenvalue weighted by Crippen LogP contribution is 2.37. The highest BCUT2D eigenvalue weighted by Gasteiger charge is 2.24. The molecule has 0 heterocycles. The van der Waals surface area contributed by atoms with E-state index < -0.39 is 0 Å². The summed E-state index contributed by atoms with van der Waals surface area (Å²) in [5, 5.41) is 0.716. The maximum Gasteiger partial charge on any atom is 0.0552 e. The molecule has 0 spiro atoms. The minimum atomic E-state index is 0.570. The molecule has 0 rings (SSSR count). The molecule has 0 bridgehead atoms. The van der Waals surface area contributed by atoms with E-state index in [1.54, 1.807) is 0 Å². The molecule has 0 aliphatic heterocycles. The lowest BCUT2D eigenvalue weighted by Gasteiger charge is -2.32. The van der Waals surface area contributed by atoms with Crippen LogP contribution in [0.15, 0.2) is 0 Å². The summed E-state index contributed by atoms with van der Waals surface area (Å²) in [4.78, 5) is 2.57. The zero-order valence-electron chi connectivity index (χ0n) is 17.3. The molecule has 2 unspecified atom stereocenters. The van der Waals surface area contributed by atoms with E-state index >= 15 is 0 Å². The number of unbranched alkanes of at least 4 members (excludes halogenated alkanes) is 2. The van der Waals surface area contributed by atoms with Crippen LogP contribution in [0.3, 0.4) is 0 Å². The zero-order valence-corrected chi connectivity index (χ0v) is 18.1. The van der Waals surface area contributed by atoms with Gasteiger partial charge in [-0.05, 0) is 69.2 Å². The van der Waals surface area contributed by atoms with Crippen molar-refractivity contribution in [2.45, 2.75) is 105 Å². The van der Waals surface area contributed by atoms with Crippen molar-refractivity contribution in [3.05, 3.63) is 0 Å². The zero-order chi connectivity index (χ0) is 17.7. The maximum absolute atomic E-state index is 2.57. The van der Waals surface area contributed by atoms with Crippen molar-refractivity contribution in [2.24, 2.45) is 11.3 Å². The molecule has 0 aromatic heterocycles. The molecule has 140 valence electrons. The summed E-state index contributed by atoms with van der Waals surface area (Å²) in [7, 11) is 2.31. The largest absolute Gasteiger partial charge is 0.295 e. The van der Waals surface area contributed by atoms with Crippen molar-refractivity contribution in [2.75, 3.05) is 19.3 Å². The highest BCUT2D eigenvalue weighted by atomic mass is 32.2. The van der Waals surface area contributed by atoms with Gasteiger partial charge in [0.25, 0.3) is 0 Å². The van der Waals surface area contributed by atoms with Crippen LogP contribution in [-0.2, 0) is 0 Å². The minimum absolute atomic E-state index is 0.570. The molecule has 1 nitrogen and oxygen atoms in total. The van der Waals surface area contributed by atoms with Crippen molar-refractivity contribution < 1.29 is 0 Å². The first-order valence-electron chi connectivity index (χ1n) is 10.2. The van der Waals surface area contributed by atoms with E-state index in [0.717, 1.165) is 5.92 Å². The van der Waals surface area contributed by atoms with Gasteiger partial charge in [0, 0.05) is 0 Å². The molecule has 0 saturated carbocycles. The van der Waals surface area contributed by atoms with Crippen molar-refractivity contribution in [3.63, 3.8) is 0 Å². The Hall–Kier alpha value is 0.310. The van der Waals surface area contributed by atoms with Gasteiger partial charge in [-0.3, -0.25) is 4.90 Å². The summed E-state index contributed by atoms with van der Waals surface area (Å²) in [5.74, 6) is 2.16. The maximum atomic E-state index is 2.57. The number of hydrogen-bond donors (Lipinski definition) is 0. The monoisotopic (exact) mass is 343 g/mol. The van der Waals surface area contributed by atoms with Crippen LogP contribution in [0.2, 0.25) is 0 Å². The molecule has 0 aliphatic carbocycles. The number of nitrogens with zero attached hydrogens (tertiary/aromatic N) is 1. The Bertz CT molecular complexity index is 267. The second-order valence-corrected chi connectivity index (χ2v) is 9.47. The highest BCUT2D eigenvalue weighted by molar-refractivity contribution is 7.99. The van der Waals surface area contributed by atoms with Crippen LogP contribution in [0.1, 0.15) is 99.3 Å². The van der Waals surface area contributed by atoms with E-state index in [1.165, 1.54) is 70.1 Å². The molecule has 0 N–H and O–H groups in total. The quantitative estimate of drug-likeness (QED) is 0.228. The molecule has 0 amide bonds. The van der Waals surface area contributed by atoms with Gasteiger partial charge in [-0.15, -0.1) is 11.8 Å². The minimum Gasteiger partial charge on any atom is -0.295 e. The fourth-order valence-electron chi connectivity index (χ4n) is 3.74. The molecular weight excluding hydrogens is 298 g/mol. The van der Waals surface area contributed by atoms with Gasteiger partial charge in [-0.2, -0.15) is 0 Å². The third kappa shape index (κ3) is 11.5. The van der Waals surface area contributed by atoms with Crippen LogP contribution in [0.5, 0.6) is 0 Å². The first kappa shape index (κ1) is 23.3. The average molecular weight is 344 g/mol. The third-order valence-electron chi connectivity index (χ3n) is 4.98. The molecule has 0 aromatic carbocycles. The fourth-order valence-corrected chi connectivity index (χ4v) is 4.92. The lowest BCUT2D eigenvalue weighted by Crippen LogP contribution is -2.29. The van der Waals surface area contributed by atoms with Crippen LogP contribution < -0.4 is 0 Å². The Morgan fingerprint density at radius 2 is 1.57 bits per heavy atom. The van der Waals surface area contributed by atoms with Gasteiger partial charge in [0.1, 0.15) is 0 Å². The molecular formula is C21H45NS. The first-order chi connectivity index (χ1) is 10.9.